The average Bonchev–Trinajstić information content (AvgIpc) is 2.18. The molecule has 4 heteroatoms. The first-order chi connectivity index (χ1) is 7.38. The number of nitrogens with two attached hydrogens (primary N) is 1. The van der Waals surface area contributed by atoms with Crippen molar-refractivity contribution in [3.8, 4) is 0 Å². The number of thioether (sulfide) groups is 1. The first-order valence-corrected chi connectivity index (χ1v) is 6.37. The lowest BCUT2D eigenvalue weighted by Crippen LogP contribution is -2.19. The van der Waals surface area contributed by atoms with Gasteiger partial charge in [-0.15, -0.1) is 0 Å². The molecule has 3 N–H and O–H groups in total. The Morgan fingerprint density at radius 2 is 2.19 bits per heavy atom. The van der Waals surface area contributed by atoms with Crippen molar-refractivity contribution >= 4 is 17.4 Å². The molecular formula is C12H20N2OS. The van der Waals surface area contributed by atoms with Gasteiger partial charge >= 0.3 is 0 Å². The van der Waals surface area contributed by atoms with Crippen LogP contribution in [0.4, 0.5) is 5.69 Å². The van der Waals surface area contributed by atoms with Crippen LogP contribution in [0, 0.1) is 0 Å². The number of hydrogen-bond acceptors (Lipinski definition) is 4. The van der Waals surface area contributed by atoms with Crippen molar-refractivity contribution in [2.24, 2.45) is 0 Å². The van der Waals surface area contributed by atoms with Gasteiger partial charge in [0.1, 0.15) is 0 Å². The van der Waals surface area contributed by atoms with Gasteiger partial charge in [-0.05, 0) is 11.6 Å². The van der Waals surface area contributed by atoms with E-state index in [0.717, 1.165) is 11.3 Å². The lowest BCUT2D eigenvalue weighted by molar-refractivity contribution is 0.200. The molecule has 1 atom stereocenters. The third-order valence-electron chi connectivity index (χ3n) is 2.11. The van der Waals surface area contributed by atoms with Crippen molar-refractivity contribution in [3.63, 3.8) is 0 Å². The molecule has 1 aromatic rings. The van der Waals surface area contributed by atoms with Gasteiger partial charge in [-0.2, -0.15) is 11.8 Å². The van der Waals surface area contributed by atoms with Gasteiger partial charge in [-0.25, -0.2) is 0 Å². The number of nitrogen functional groups attached to an aromatic ring is 1. The van der Waals surface area contributed by atoms with Gasteiger partial charge in [0.2, 0.25) is 0 Å². The number of rotatable bonds is 4. The summed E-state index contributed by atoms with van der Waals surface area (Å²) < 4.78 is 0.182. The van der Waals surface area contributed by atoms with Gasteiger partial charge in [-0.1, -0.05) is 20.8 Å². The van der Waals surface area contributed by atoms with Crippen LogP contribution < -0.4 is 5.73 Å². The highest BCUT2D eigenvalue weighted by atomic mass is 32.2. The molecule has 3 nitrogen and oxygen atoms in total. The van der Waals surface area contributed by atoms with Crippen LogP contribution in [0.25, 0.3) is 0 Å². The average molecular weight is 240 g/mol. The second-order valence-corrected chi connectivity index (χ2v) is 6.70. The minimum Gasteiger partial charge on any atom is -0.398 e. The highest BCUT2D eigenvalue weighted by Gasteiger charge is 2.15. The second-order valence-electron chi connectivity index (χ2n) is 4.86. The van der Waals surface area contributed by atoms with Crippen LogP contribution in [0.15, 0.2) is 18.5 Å². The van der Waals surface area contributed by atoms with Gasteiger partial charge < -0.3 is 10.8 Å². The van der Waals surface area contributed by atoms with E-state index < -0.39 is 0 Å². The molecule has 0 aliphatic rings. The number of aromatic nitrogens is 1. The molecular weight excluding hydrogens is 220 g/mol. The van der Waals surface area contributed by atoms with Crippen molar-refractivity contribution in [2.45, 2.75) is 38.0 Å². The maximum absolute atomic E-state index is 9.89. The standard InChI is InChI=1S/C12H20N2OS/c1-12(2,3)16-8-10(15)6-9-7-14-5-4-11(9)13/h4-5,7,10,15H,6,8H2,1-3H3,(H2,13,14). The Morgan fingerprint density at radius 3 is 2.75 bits per heavy atom. The summed E-state index contributed by atoms with van der Waals surface area (Å²) in [6, 6.07) is 1.76. The molecule has 1 unspecified atom stereocenters. The summed E-state index contributed by atoms with van der Waals surface area (Å²) in [5, 5.41) is 9.89. The Labute approximate surface area is 101 Å². The van der Waals surface area contributed by atoms with E-state index in [4.69, 9.17) is 5.73 Å². The fraction of sp³-hybridized carbons (Fsp3) is 0.583. The van der Waals surface area contributed by atoms with E-state index in [1.54, 1.807) is 30.2 Å². The van der Waals surface area contributed by atoms with Crippen molar-refractivity contribution in [1.29, 1.82) is 0 Å². The third-order valence-corrected chi connectivity index (χ3v) is 3.52. The van der Waals surface area contributed by atoms with E-state index in [9.17, 15) is 5.11 Å². The van der Waals surface area contributed by atoms with Crippen LogP contribution in [0.2, 0.25) is 0 Å². The number of pyridine rings is 1. The lowest BCUT2D eigenvalue weighted by atomic mass is 10.1. The summed E-state index contributed by atoms with van der Waals surface area (Å²) in [5.74, 6) is 0.720. The van der Waals surface area contributed by atoms with Gasteiger partial charge in [-0.3, -0.25) is 4.98 Å². The van der Waals surface area contributed by atoms with Crippen molar-refractivity contribution in [3.05, 3.63) is 24.0 Å². The molecule has 0 aromatic carbocycles. The number of aliphatic hydroxyl groups is 1. The highest BCUT2D eigenvalue weighted by molar-refractivity contribution is 8.00. The van der Waals surface area contributed by atoms with Crippen LogP contribution in [0.5, 0.6) is 0 Å². The van der Waals surface area contributed by atoms with Crippen LogP contribution in [0.1, 0.15) is 26.3 Å². The summed E-state index contributed by atoms with van der Waals surface area (Å²) in [6.45, 7) is 6.43. The zero-order valence-electron chi connectivity index (χ0n) is 10.1. The van der Waals surface area contributed by atoms with Crippen LogP contribution in [-0.2, 0) is 6.42 Å². The zero-order valence-corrected chi connectivity index (χ0v) is 10.9. The Hall–Kier alpha value is -0.740. The molecule has 0 aliphatic heterocycles. The normalized spacial score (nSPS) is 13.8. The van der Waals surface area contributed by atoms with Gasteiger partial charge in [0.25, 0.3) is 0 Å². The molecule has 1 rings (SSSR count). The minimum absolute atomic E-state index is 0.182. The molecule has 0 bridgehead atoms. The summed E-state index contributed by atoms with van der Waals surface area (Å²) in [7, 11) is 0. The van der Waals surface area contributed by atoms with E-state index in [1.165, 1.54) is 0 Å². The molecule has 1 heterocycles. The minimum atomic E-state index is -0.365. The smallest absolute Gasteiger partial charge is 0.0672 e. The Bertz CT molecular complexity index is 336. The molecule has 0 aliphatic carbocycles. The fourth-order valence-electron chi connectivity index (χ4n) is 1.27. The number of nitrogens with zero attached hydrogens (tertiary/aromatic N) is 1. The largest absolute Gasteiger partial charge is 0.398 e. The Kier molecular flexibility index (Phi) is 4.62. The van der Waals surface area contributed by atoms with E-state index in [1.807, 2.05) is 0 Å². The monoisotopic (exact) mass is 240 g/mol. The SMILES string of the molecule is CC(C)(C)SCC(O)Cc1cnccc1N. The second kappa shape index (κ2) is 5.55. The van der Waals surface area contributed by atoms with Crippen LogP contribution in [-0.4, -0.2) is 26.7 Å². The number of hydrogen-bond donors (Lipinski definition) is 2. The third kappa shape index (κ3) is 4.86. The zero-order chi connectivity index (χ0) is 12.2. The number of aliphatic hydroxyl groups excluding tert-OH is 1. The van der Waals surface area contributed by atoms with E-state index in [2.05, 4.69) is 25.8 Å². The quantitative estimate of drug-likeness (QED) is 0.846. The molecule has 90 valence electrons. The topological polar surface area (TPSA) is 59.1 Å². The first-order valence-electron chi connectivity index (χ1n) is 5.39. The lowest BCUT2D eigenvalue weighted by Gasteiger charge is -2.20. The van der Waals surface area contributed by atoms with Gasteiger partial charge in [0.15, 0.2) is 0 Å². The molecule has 0 fully saturated rings. The first kappa shape index (κ1) is 13.3. The van der Waals surface area contributed by atoms with Gasteiger partial charge in [0.05, 0.1) is 6.10 Å². The molecule has 16 heavy (non-hydrogen) atoms. The summed E-state index contributed by atoms with van der Waals surface area (Å²) in [4.78, 5) is 4.01. The van der Waals surface area contributed by atoms with Gasteiger partial charge in [0, 0.05) is 35.0 Å². The molecule has 0 saturated carbocycles. The van der Waals surface area contributed by atoms with E-state index in [0.29, 0.717) is 12.1 Å². The molecule has 0 amide bonds. The maximum atomic E-state index is 9.89. The highest BCUT2D eigenvalue weighted by Crippen LogP contribution is 2.24. The summed E-state index contributed by atoms with van der Waals surface area (Å²) in [5.41, 5.74) is 7.42. The number of anilines is 1. The predicted molar refractivity (Wildman–Crippen MR) is 70.6 cm³/mol. The van der Waals surface area contributed by atoms with Crippen LogP contribution >= 0.6 is 11.8 Å². The fourth-order valence-corrected chi connectivity index (χ4v) is 2.08. The summed E-state index contributed by atoms with van der Waals surface area (Å²) >= 11 is 1.76. The predicted octanol–water partition coefficient (Wildman–Crippen LogP) is 2.10. The Balaban J connectivity index is 2.46. The van der Waals surface area contributed by atoms with Crippen molar-refractivity contribution in [1.82, 2.24) is 4.98 Å². The molecule has 1 aromatic heterocycles. The molecule has 0 saturated heterocycles. The Morgan fingerprint density at radius 1 is 1.50 bits per heavy atom. The van der Waals surface area contributed by atoms with Crippen molar-refractivity contribution < 1.29 is 5.11 Å². The maximum Gasteiger partial charge on any atom is 0.0672 e. The molecule has 0 spiro atoms. The summed E-state index contributed by atoms with van der Waals surface area (Å²) in [6.07, 6.45) is 3.59. The van der Waals surface area contributed by atoms with Crippen LogP contribution in [0.3, 0.4) is 0 Å². The molecule has 0 radical (unpaired) electrons. The van der Waals surface area contributed by atoms with E-state index in [-0.39, 0.29) is 10.9 Å². The van der Waals surface area contributed by atoms with Crippen molar-refractivity contribution in [2.75, 3.05) is 11.5 Å². The van der Waals surface area contributed by atoms with E-state index >= 15 is 0 Å².